The summed E-state index contributed by atoms with van der Waals surface area (Å²) in [5, 5.41) is 2.56. The third kappa shape index (κ3) is 4.20. The van der Waals surface area contributed by atoms with Crippen LogP contribution in [0.15, 0.2) is 72.8 Å². The average Bonchev–Trinajstić information content (AvgIpc) is 2.64. The van der Waals surface area contributed by atoms with Crippen molar-refractivity contribution in [2.24, 2.45) is 0 Å². The maximum Gasteiger partial charge on any atom is 0.256 e. The molecule has 25 heavy (non-hydrogen) atoms. The molecule has 0 aliphatic carbocycles. The van der Waals surface area contributed by atoms with Crippen molar-refractivity contribution in [1.82, 2.24) is 0 Å². The number of benzene rings is 3. The Labute approximate surface area is 143 Å². The number of halogens is 2. The number of rotatable bonds is 5. The van der Waals surface area contributed by atoms with Crippen molar-refractivity contribution in [1.29, 1.82) is 0 Å². The van der Waals surface area contributed by atoms with E-state index in [0.717, 1.165) is 12.1 Å². The lowest BCUT2D eigenvalue weighted by atomic mass is 10.1. The van der Waals surface area contributed by atoms with Crippen LogP contribution in [0.5, 0.6) is 5.75 Å². The fourth-order valence-corrected chi connectivity index (χ4v) is 2.32. The lowest BCUT2D eigenvalue weighted by Crippen LogP contribution is -2.15. The zero-order valence-corrected chi connectivity index (χ0v) is 13.2. The smallest absolute Gasteiger partial charge is 0.256 e. The summed E-state index contributed by atoms with van der Waals surface area (Å²) in [6.45, 7) is 0.214. The van der Waals surface area contributed by atoms with E-state index in [2.05, 4.69) is 5.32 Å². The topological polar surface area (TPSA) is 38.3 Å². The van der Waals surface area contributed by atoms with Crippen LogP contribution in [0.3, 0.4) is 0 Å². The predicted octanol–water partition coefficient (Wildman–Crippen LogP) is 4.80. The molecular weight excluding hydrogens is 324 g/mol. The van der Waals surface area contributed by atoms with E-state index in [4.69, 9.17) is 4.74 Å². The Hall–Kier alpha value is -3.21. The molecule has 0 heterocycles. The molecule has 3 aromatic carbocycles. The van der Waals surface area contributed by atoms with Crippen LogP contribution in [-0.2, 0) is 6.61 Å². The zero-order valence-electron chi connectivity index (χ0n) is 13.2. The van der Waals surface area contributed by atoms with Crippen LogP contribution in [-0.4, -0.2) is 5.91 Å². The van der Waals surface area contributed by atoms with Gasteiger partial charge in [-0.2, -0.15) is 0 Å². The minimum atomic E-state index is -1.02. The molecule has 1 N–H and O–H groups in total. The molecule has 1 amide bonds. The van der Waals surface area contributed by atoms with E-state index in [1.807, 2.05) is 30.3 Å². The van der Waals surface area contributed by atoms with E-state index in [-0.39, 0.29) is 12.3 Å². The minimum Gasteiger partial charge on any atom is -0.489 e. The van der Waals surface area contributed by atoms with Crippen LogP contribution in [0.25, 0.3) is 0 Å². The normalized spacial score (nSPS) is 10.3. The maximum atomic E-state index is 13.3. The number of carbonyl (C=O) groups is 1. The molecule has 3 rings (SSSR count). The molecule has 0 saturated carbocycles. The summed E-state index contributed by atoms with van der Waals surface area (Å²) in [6, 6.07) is 19.4. The summed E-state index contributed by atoms with van der Waals surface area (Å²) in [5.41, 5.74) is 1.28. The highest BCUT2D eigenvalue weighted by Gasteiger charge is 2.13. The number of nitrogens with one attached hydrogen (secondary N) is 1. The monoisotopic (exact) mass is 339 g/mol. The number of hydrogen-bond donors (Lipinski definition) is 1. The van der Waals surface area contributed by atoms with Crippen molar-refractivity contribution in [3.63, 3.8) is 0 Å². The number of ether oxygens (including phenoxy) is 1. The molecule has 3 nitrogen and oxygen atoms in total. The summed E-state index contributed by atoms with van der Waals surface area (Å²) in [5.74, 6) is -1.70. The molecule has 0 aliphatic rings. The van der Waals surface area contributed by atoms with Gasteiger partial charge < -0.3 is 10.1 Å². The Balaban J connectivity index is 1.75. The van der Waals surface area contributed by atoms with E-state index in [9.17, 15) is 13.6 Å². The van der Waals surface area contributed by atoms with E-state index in [0.29, 0.717) is 16.9 Å². The van der Waals surface area contributed by atoms with E-state index in [1.54, 1.807) is 24.3 Å². The fraction of sp³-hybridized carbons (Fsp3) is 0.0500. The van der Waals surface area contributed by atoms with Crippen LogP contribution in [0.1, 0.15) is 15.9 Å². The van der Waals surface area contributed by atoms with Crippen LogP contribution >= 0.6 is 0 Å². The molecule has 0 fully saturated rings. The van der Waals surface area contributed by atoms with Gasteiger partial charge in [-0.3, -0.25) is 4.79 Å². The Bertz CT molecular complexity index is 882. The highest BCUT2D eigenvalue weighted by atomic mass is 19.2. The van der Waals surface area contributed by atoms with Crippen LogP contribution in [0.4, 0.5) is 14.5 Å². The summed E-state index contributed by atoms with van der Waals surface area (Å²) >= 11 is 0. The summed E-state index contributed by atoms with van der Waals surface area (Å²) in [4.78, 5) is 12.5. The second kappa shape index (κ2) is 7.57. The number of para-hydroxylation sites is 1. The third-order valence-corrected chi connectivity index (χ3v) is 3.58. The first-order valence-corrected chi connectivity index (χ1v) is 7.65. The van der Waals surface area contributed by atoms with E-state index in [1.165, 1.54) is 6.07 Å². The van der Waals surface area contributed by atoms with Crippen LogP contribution < -0.4 is 10.1 Å². The highest BCUT2D eigenvalue weighted by Crippen LogP contribution is 2.18. The molecule has 0 unspecified atom stereocenters. The molecule has 0 atom stereocenters. The molecule has 0 aliphatic heterocycles. The lowest BCUT2D eigenvalue weighted by Gasteiger charge is -2.11. The van der Waals surface area contributed by atoms with Crippen LogP contribution in [0, 0.1) is 11.6 Å². The minimum absolute atomic E-state index is 0.183. The second-order valence-corrected chi connectivity index (χ2v) is 5.34. The quantitative estimate of drug-likeness (QED) is 0.725. The van der Waals surface area contributed by atoms with Gasteiger partial charge in [-0.1, -0.05) is 36.4 Å². The van der Waals surface area contributed by atoms with Gasteiger partial charge in [0.15, 0.2) is 11.6 Å². The van der Waals surface area contributed by atoms with Gasteiger partial charge in [0.2, 0.25) is 0 Å². The average molecular weight is 339 g/mol. The fourth-order valence-electron chi connectivity index (χ4n) is 2.32. The molecule has 0 saturated heterocycles. The number of hydrogen-bond acceptors (Lipinski definition) is 2. The molecule has 0 aromatic heterocycles. The van der Waals surface area contributed by atoms with Gasteiger partial charge in [-0.25, -0.2) is 8.78 Å². The van der Waals surface area contributed by atoms with E-state index >= 15 is 0 Å². The van der Waals surface area contributed by atoms with Gasteiger partial charge >= 0.3 is 0 Å². The summed E-state index contributed by atoms with van der Waals surface area (Å²) in [6.07, 6.45) is 0. The third-order valence-electron chi connectivity index (χ3n) is 3.58. The Morgan fingerprint density at radius 1 is 0.880 bits per heavy atom. The van der Waals surface area contributed by atoms with Crippen molar-refractivity contribution in [3.8, 4) is 5.75 Å². The second-order valence-electron chi connectivity index (χ2n) is 5.34. The molecule has 0 spiro atoms. The van der Waals surface area contributed by atoms with Crippen molar-refractivity contribution in [3.05, 3.63) is 95.6 Å². The highest BCUT2D eigenvalue weighted by molar-refractivity contribution is 6.05. The molecule has 126 valence electrons. The van der Waals surface area contributed by atoms with Crippen molar-refractivity contribution in [2.45, 2.75) is 6.61 Å². The first-order chi connectivity index (χ1) is 12.1. The molecule has 3 aromatic rings. The van der Waals surface area contributed by atoms with Crippen molar-refractivity contribution in [2.75, 3.05) is 5.32 Å². The first kappa shape index (κ1) is 16.6. The SMILES string of the molecule is O=C(Nc1ccc(F)c(F)c1)c1ccccc1COc1ccccc1. The maximum absolute atomic E-state index is 13.3. The van der Waals surface area contributed by atoms with Crippen LogP contribution in [0.2, 0.25) is 0 Å². The van der Waals surface area contributed by atoms with Gasteiger partial charge in [0.05, 0.1) is 0 Å². The molecular formula is C20H15F2NO2. The number of anilines is 1. The molecule has 0 bridgehead atoms. The van der Waals surface area contributed by atoms with Crippen molar-refractivity contribution >= 4 is 11.6 Å². The van der Waals surface area contributed by atoms with Gasteiger partial charge in [0.25, 0.3) is 5.91 Å². The predicted molar refractivity (Wildman–Crippen MR) is 91.5 cm³/mol. The summed E-state index contributed by atoms with van der Waals surface area (Å²) in [7, 11) is 0. The molecule has 5 heteroatoms. The Morgan fingerprint density at radius 3 is 2.36 bits per heavy atom. The summed E-state index contributed by atoms with van der Waals surface area (Å²) < 4.78 is 31.9. The number of amides is 1. The van der Waals surface area contributed by atoms with Gasteiger partial charge in [0, 0.05) is 22.9 Å². The lowest BCUT2D eigenvalue weighted by molar-refractivity contribution is 0.102. The first-order valence-electron chi connectivity index (χ1n) is 7.65. The zero-order chi connectivity index (χ0) is 17.6. The van der Waals surface area contributed by atoms with E-state index < -0.39 is 17.5 Å². The standard InChI is InChI=1S/C20H15F2NO2/c21-18-11-10-15(12-19(18)22)23-20(24)17-9-5-4-6-14(17)13-25-16-7-2-1-3-8-16/h1-12H,13H2,(H,23,24). The largest absolute Gasteiger partial charge is 0.489 e. The van der Waals surface area contributed by atoms with Crippen molar-refractivity contribution < 1.29 is 18.3 Å². The Morgan fingerprint density at radius 2 is 1.60 bits per heavy atom. The van der Waals surface area contributed by atoms with Gasteiger partial charge in [-0.05, 0) is 30.3 Å². The van der Waals surface area contributed by atoms with Gasteiger partial charge in [0.1, 0.15) is 12.4 Å². The van der Waals surface area contributed by atoms with Gasteiger partial charge in [-0.15, -0.1) is 0 Å². The molecule has 0 radical (unpaired) electrons. The Kier molecular flexibility index (Phi) is 5.04. The number of carbonyl (C=O) groups excluding carboxylic acids is 1.